The highest BCUT2D eigenvalue weighted by atomic mass is 79.9. The van der Waals surface area contributed by atoms with Gasteiger partial charge in [0.15, 0.2) is 6.10 Å². The number of nitro groups is 1. The third-order valence-corrected chi connectivity index (χ3v) is 8.71. The van der Waals surface area contributed by atoms with Gasteiger partial charge in [-0.1, -0.05) is 30.3 Å². The first kappa shape index (κ1) is 22.1. The fourth-order valence-electron chi connectivity index (χ4n) is 3.85. The van der Waals surface area contributed by atoms with Gasteiger partial charge in [0.05, 0.1) is 4.70 Å². The van der Waals surface area contributed by atoms with E-state index in [0.717, 1.165) is 36.5 Å². The summed E-state index contributed by atoms with van der Waals surface area (Å²) < 4.78 is 5.61. The Morgan fingerprint density at radius 2 is 2.00 bits per heavy atom. The van der Waals surface area contributed by atoms with E-state index in [1.165, 1.54) is 11.0 Å². The fourth-order valence-corrected chi connectivity index (χ4v) is 6.29. The zero-order valence-electron chi connectivity index (χ0n) is 16.5. The molecule has 1 heterocycles. The molecule has 2 aromatic carbocycles. The number of carbonyl (C=O) groups is 1. The molecule has 0 radical (unpaired) electrons. The smallest absolute Gasteiger partial charge is 0.329 e. The molecule has 0 spiro atoms. The molecule has 2 unspecified atom stereocenters. The van der Waals surface area contributed by atoms with Crippen LogP contribution in [0.5, 0.6) is 0 Å². The van der Waals surface area contributed by atoms with E-state index in [9.17, 15) is 14.9 Å². The van der Waals surface area contributed by atoms with E-state index in [1.54, 1.807) is 23.5 Å². The molecule has 0 saturated heterocycles. The minimum Gasteiger partial charge on any atom is -0.480 e. The first-order valence-corrected chi connectivity index (χ1v) is 11.7. The average Bonchev–Trinajstić information content (AvgIpc) is 3.02. The number of halogens is 2. The Labute approximate surface area is 198 Å². The normalized spacial score (nSPS) is 20.9. The zero-order chi connectivity index (χ0) is 22.5. The molecule has 0 bridgehead atoms. The number of nitrogens with zero attached hydrogens (tertiary/aromatic N) is 1. The number of aliphatic carboxylic acids is 1. The second-order valence-electron chi connectivity index (χ2n) is 7.29. The lowest BCUT2D eigenvalue weighted by atomic mass is 9.88. The topological polar surface area (TPSA) is 89.7 Å². The number of rotatable bonds is 5. The Kier molecular flexibility index (Phi) is 5.80. The van der Waals surface area contributed by atoms with E-state index in [2.05, 4.69) is 45.7 Å². The Bertz CT molecular complexity index is 1310. The molecule has 1 N–H and O–H groups in total. The number of alkyl halides is 1. The van der Waals surface area contributed by atoms with Crippen molar-refractivity contribution in [2.24, 2.45) is 0 Å². The van der Waals surface area contributed by atoms with Crippen molar-refractivity contribution in [3.05, 3.63) is 73.1 Å². The van der Waals surface area contributed by atoms with Crippen molar-refractivity contribution in [2.75, 3.05) is 6.61 Å². The van der Waals surface area contributed by atoms with Crippen LogP contribution in [0.2, 0.25) is 0 Å². The number of hydrogen-bond donors (Lipinski definition) is 1. The molecule has 160 valence electrons. The van der Waals surface area contributed by atoms with Gasteiger partial charge in [-0.15, -0.1) is 11.3 Å². The van der Waals surface area contributed by atoms with Gasteiger partial charge < -0.3 is 9.84 Å². The quantitative estimate of drug-likeness (QED) is 0.171. The van der Waals surface area contributed by atoms with Crippen molar-refractivity contribution < 1.29 is 19.6 Å². The average molecular weight is 567 g/mol. The van der Waals surface area contributed by atoms with Gasteiger partial charge in [0.1, 0.15) is 6.61 Å². The maximum atomic E-state index is 12.0. The summed E-state index contributed by atoms with van der Waals surface area (Å²) in [4.78, 5) is 23.6. The van der Waals surface area contributed by atoms with E-state index in [0.29, 0.717) is 5.57 Å². The van der Waals surface area contributed by atoms with Crippen molar-refractivity contribution in [2.45, 2.75) is 24.4 Å². The second-order valence-corrected chi connectivity index (χ2v) is 10.6. The number of carboxylic acids is 1. The molecule has 9 heteroatoms. The number of aryl methyl sites for hydroxylation is 2. The molecule has 4 rings (SSSR count). The molecule has 3 aromatic rings. The number of fused-ring (bicyclic) bond motifs is 2. The van der Waals surface area contributed by atoms with E-state index in [-0.39, 0.29) is 0 Å². The maximum absolute atomic E-state index is 12.0. The van der Waals surface area contributed by atoms with Crippen LogP contribution in [0, 0.1) is 24.0 Å². The second kappa shape index (κ2) is 8.12. The van der Waals surface area contributed by atoms with Crippen LogP contribution in [0.1, 0.15) is 16.0 Å². The van der Waals surface area contributed by atoms with Gasteiger partial charge >= 0.3 is 10.4 Å². The maximum Gasteiger partial charge on any atom is 0.329 e. The molecular weight excluding hydrogens is 550 g/mol. The molecule has 6 nitrogen and oxygen atoms in total. The minimum atomic E-state index is -1.79. The molecule has 2 atom stereocenters. The number of hydrogen-bond acceptors (Lipinski definition) is 5. The Morgan fingerprint density at radius 1 is 1.32 bits per heavy atom. The van der Waals surface area contributed by atoms with Gasteiger partial charge in [0.2, 0.25) is 0 Å². The predicted octanol–water partition coefficient (Wildman–Crippen LogP) is 6.22. The van der Waals surface area contributed by atoms with Crippen molar-refractivity contribution in [3.63, 3.8) is 0 Å². The molecule has 0 fully saturated rings. The minimum absolute atomic E-state index is 0.493. The number of thiophene rings is 1. The summed E-state index contributed by atoms with van der Waals surface area (Å²) in [6.45, 7) is 3.49. The fraction of sp³-hybridized carbons (Fsp3) is 0.227. The highest BCUT2D eigenvalue weighted by Crippen LogP contribution is 2.47. The summed E-state index contributed by atoms with van der Waals surface area (Å²) in [6, 6.07) is 7.93. The number of benzene rings is 2. The van der Waals surface area contributed by atoms with Gasteiger partial charge in [-0.25, -0.2) is 4.79 Å². The molecule has 0 saturated carbocycles. The van der Waals surface area contributed by atoms with Crippen molar-refractivity contribution >= 4 is 75.6 Å². The van der Waals surface area contributed by atoms with Gasteiger partial charge in [0, 0.05) is 41.7 Å². The molecule has 1 aliphatic carbocycles. The van der Waals surface area contributed by atoms with Crippen LogP contribution in [0.3, 0.4) is 0 Å². The van der Waals surface area contributed by atoms with Crippen LogP contribution in [0.25, 0.3) is 26.4 Å². The summed E-state index contributed by atoms with van der Waals surface area (Å²) in [6.07, 6.45) is 3.77. The van der Waals surface area contributed by atoms with Crippen LogP contribution < -0.4 is 0 Å². The summed E-state index contributed by atoms with van der Waals surface area (Å²) in [5, 5.41) is 24.0. The van der Waals surface area contributed by atoms with Crippen LogP contribution in [-0.2, 0) is 9.53 Å². The van der Waals surface area contributed by atoms with Gasteiger partial charge in [0.25, 0.3) is 0 Å². The van der Waals surface area contributed by atoms with Crippen LogP contribution in [0.15, 0.2) is 47.0 Å². The summed E-state index contributed by atoms with van der Waals surface area (Å²) in [5.74, 6) is -1.19. The highest BCUT2D eigenvalue weighted by molar-refractivity contribution is 9.11. The van der Waals surface area contributed by atoms with E-state index >= 15 is 0 Å². The molecule has 0 amide bonds. The first-order chi connectivity index (χ1) is 14.6. The molecule has 31 heavy (non-hydrogen) atoms. The van der Waals surface area contributed by atoms with Crippen molar-refractivity contribution in [3.8, 4) is 0 Å². The monoisotopic (exact) mass is 565 g/mol. The Hall–Kier alpha value is -2.07. The Morgan fingerprint density at radius 3 is 2.65 bits per heavy atom. The third-order valence-electron chi connectivity index (χ3n) is 5.43. The molecule has 1 aliphatic rings. The van der Waals surface area contributed by atoms with Crippen molar-refractivity contribution in [1.29, 1.82) is 0 Å². The largest absolute Gasteiger partial charge is 0.480 e. The summed E-state index contributed by atoms with van der Waals surface area (Å²) in [7, 11) is 0. The van der Waals surface area contributed by atoms with E-state index < -0.39 is 28.1 Å². The molecule has 0 aliphatic heterocycles. The van der Waals surface area contributed by atoms with Crippen LogP contribution in [-0.4, -0.2) is 33.2 Å². The summed E-state index contributed by atoms with van der Waals surface area (Å²) in [5.41, 5.74) is 2.72. The first-order valence-electron chi connectivity index (χ1n) is 9.33. The number of carboxylic acid groups (broad SMARTS) is 1. The van der Waals surface area contributed by atoms with Gasteiger partial charge in [-0.2, -0.15) is 0 Å². The predicted molar refractivity (Wildman–Crippen MR) is 130 cm³/mol. The van der Waals surface area contributed by atoms with E-state index in [4.69, 9.17) is 9.84 Å². The lowest BCUT2D eigenvalue weighted by molar-refractivity contribution is -0.531. The van der Waals surface area contributed by atoms with Gasteiger partial charge in [-0.3, -0.25) is 10.1 Å². The standard InChI is InChI=1S/C22H17Br2NO5S/c1-11-12(2)31-21-18(11)19(14-5-3-4-6-15(14)20(21)23)13-7-8-16(30-10-17(26)27)22(24,9-13)25(28)29/h3-9,16H,10H2,1-2H3,(H,26,27). The van der Waals surface area contributed by atoms with Crippen molar-refractivity contribution in [1.82, 2.24) is 0 Å². The molecule has 1 aromatic heterocycles. The lowest BCUT2D eigenvalue weighted by Crippen LogP contribution is -2.44. The molecular formula is C22H17Br2NO5S. The number of allylic oxidation sites excluding steroid dienone is 2. The highest BCUT2D eigenvalue weighted by Gasteiger charge is 2.48. The number of ether oxygens (including phenoxy) is 1. The van der Waals surface area contributed by atoms with Crippen LogP contribution >= 0.6 is 43.2 Å². The Balaban J connectivity index is 2.00. The SMILES string of the molecule is Cc1sc2c(Br)c3ccccc3c(C3=CC(Br)([N+](=O)[O-])C(OCC(=O)O)C=C3)c2c1C. The lowest BCUT2D eigenvalue weighted by Gasteiger charge is -2.27. The third kappa shape index (κ3) is 3.63. The van der Waals surface area contributed by atoms with E-state index in [1.807, 2.05) is 24.3 Å². The van der Waals surface area contributed by atoms with Crippen LogP contribution in [0.4, 0.5) is 0 Å². The van der Waals surface area contributed by atoms with Gasteiger partial charge in [-0.05, 0) is 63.3 Å². The zero-order valence-corrected chi connectivity index (χ0v) is 20.5. The summed E-state index contributed by atoms with van der Waals surface area (Å²) >= 11 is 8.67.